The van der Waals surface area contributed by atoms with Crippen LogP contribution in [-0.2, 0) is 6.42 Å². The van der Waals surface area contributed by atoms with E-state index < -0.39 is 18.2 Å². The second kappa shape index (κ2) is 6.09. The first-order valence-electron chi connectivity index (χ1n) is 6.04. The molecule has 7 heteroatoms. The molecule has 21 heavy (non-hydrogen) atoms. The van der Waals surface area contributed by atoms with E-state index in [9.17, 15) is 17.6 Å². The lowest BCUT2D eigenvalue weighted by molar-refractivity contribution is -0.274. The molecule has 112 valence electrons. The Bertz CT molecular complexity index is 599. The molecule has 0 aliphatic rings. The van der Waals surface area contributed by atoms with Crippen LogP contribution in [0.25, 0.3) is 0 Å². The minimum atomic E-state index is -4.72. The molecule has 1 unspecified atom stereocenters. The highest BCUT2D eigenvalue weighted by Crippen LogP contribution is 2.24. The van der Waals surface area contributed by atoms with E-state index in [1.54, 1.807) is 0 Å². The molecule has 0 amide bonds. The Morgan fingerprint density at radius 1 is 1.14 bits per heavy atom. The Morgan fingerprint density at radius 3 is 2.38 bits per heavy atom. The first-order valence-corrected chi connectivity index (χ1v) is 6.04. The van der Waals surface area contributed by atoms with Gasteiger partial charge >= 0.3 is 6.36 Å². The summed E-state index contributed by atoms with van der Waals surface area (Å²) >= 11 is 0. The topological polar surface area (TPSA) is 48.1 Å². The summed E-state index contributed by atoms with van der Waals surface area (Å²) in [5.41, 5.74) is 7.15. The van der Waals surface area contributed by atoms with Gasteiger partial charge in [-0.2, -0.15) is 0 Å². The Labute approximate surface area is 118 Å². The molecule has 0 saturated heterocycles. The lowest BCUT2D eigenvalue weighted by atomic mass is 10.0. The fourth-order valence-corrected chi connectivity index (χ4v) is 1.83. The number of hydrogen-bond donors (Lipinski definition) is 1. The van der Waals surface area contributed by atoms with Crippen molar-refractivity contribution in [2.75, 3.05) is 0 Å². The fourth-order valence-electron chi connectivity index (χ4n) is 1.83. The number of hydrogen-bond acceptors (Lipinski definition) is 3. The predicted molar refractivity (Wildman–Crippen MR) is 68.0 cm³/mol. The first kappa shape index (κ1) is 15.2. The molecule has 1 aromatic heterocycles. The largest absolute Gasteiger partial charge is 0.573 e. The summed E-state index contributed by atoms with van der Waals surface area (Å²) in [6, 6.07) is 6.15. The van der Waals surface area contributed by atoms with Gasteiger partial charge in [-0.05, 0) is 35.7 Å². The van der Waals surface area contributed by atoms with Gasteiger partial charge in [0, 0.05) is 12.2 Å². The van der Waals surface area contributed by atoms with Crippen molar-refractivity contribution in [1.29, 1.82) is 0 Å². The van der Waals surface area contributed by atoms with Gasteiger partial charge in [0.2, 0.25) is 0 Å². The van der Waals surface area contributed by atoms with Crippen LogP contribution in [0.2, 0.25) is 0 Å². The molecule has 2 N–H and O–H groups in total. The number of nitrogens with two attached hydrogens (primary N) is 1. The van der Waals surface area contributed by atoms with Crippen molar-refractivity contribution in [3.63, 3.8) is 0 Å². The van der Waals surface area contributed by atoms with Gasteiger partial charge in [-0.3, -0.25) is 4.98 Å². The lowest BCUT2D eigenvalue weighted by Gasteiger charge is -2.13. The van der Waals surface area contributed by atoms with E-state index in [2.05, 4.69) is 9.72 Å². The maximum atomic E-state index is 13.0. The third kappa shape index (κ3) is 4.71. The molecule has 0 aliphatic carbocycles. The molecule has 0 radical (unpaired) electrons. The van der Waals surface area contributed by atoms with Gasteiger partial charge in [-0.25, -0.2) is 4.39 Å². The predicted octanol–water partition coefficient (Wildman–Crippen LogP) is 3.36. The molecule has 1 aromatic carbocycles. The quantitative estimate of drug-likeness (QED) is 0.881. The minimum absolute atomic E-state index is 0.299. The lowest BCUT2D eigenvalue weighted by Crippen LogP contribution is -2.17. The standard InChI is InChI=1S/C14H12F4N2O/c15-11-6-10(7-20-8-11)13(19)5-9-1-3-12(4-2-9)21-14(16,17)18/h1-4,6-8,13H,5,19H2. The highest BCUT2D eigenvalue weighted by Gasteiger charge is 2.30. The molecule has 0 fully saturated rings. The van der Waals surface area contributed by atoms with E-state index in [1.807, 2.05) is 0 Å². The van der Waals surface area contributed by atoms with E-state index in [1.165, 1.54) is 36.5 Å². The van der Waals surface area contributed by atoms with E-state index >= 15 is 0 Å². The van der Waals surface area contributed by atoms with Crippen LogP contribution in [0.15, 0.2) is 42.7 Å². The highest BCUT2D eigenvalue weighted by molar-refractivity contribution is 5.29. The Hall–Kier alpha value is -2.15. The molecular weight excluding hydrogens is 288 g/mol. The monoisotopic (exact) mass is 300 g/mol. The fraction of sp³-hybridized carbons (Fsp3) is 0.214. The molecule has 1 atom stereocenters. The number of nitrogens with zero attached hydrogens (tertiary/aromatic N) is 1. The summed E-state index contributed by atoms with van der Waals surface area (Å²) in [5.74, 6) is -0.788. The zero-order valence-corrected chi connectivity index (χ0v) is 10.8. The molecule has 0 saturated carbocycles. The third-order valence-corrected chi connectivity index (χ3v) is 2.77. The van der Waals surface area contributed by atoms with Gasteiger partial charge < -0.3 is 10.5 Å². The van der Waals surface area contributed by atoms with Crippen LogP contribution >= 0.6 is 0 Å². The van der Waals surface area contributed by atoms with Gasteiger partial charge in [0.05, 0.1) is 6.20 Å². The summed E-state index contributed by atoms with van der Waals surface area (Å²) in [6.07, 6.45) is -1.85. The average molecular weight is 300 g/mol. The smallest absolute Gasteiger partial charge is 0.406 e. The first-order chi connectivity index (χ1) is 9.83. The third-order valence-electron chi connectivity index (χ3n) is 2.77. The van der Waals surface area contributed by atoms with Gasteiger partial charge in [-0.15, -0.1) is 13.2 Å². The van der Waals surface area contributed by atoms with Crippen LogP contribution in [0, 0.1) is 5.82 Å². The number of rotatable bonds is 4. The van der Waals surface area contributed by atoms with Gasteiger partial charge in [-0.1, -0.05) is 12.1 Å². The summed E-state index contributed by atoms with van der Waals surface area (Å²) in [5, 5.41) is 0. The summed E-state index contributed by atoms with van der Waals surface area (Å²) < 4.78 is 52.9. The second-order valence-electron chi connectivity index (χ2n) is 4.44. The van der Waals surface area contributed by atoms with E-state index in [-0.39, 0.29) is 5.75 Å². The zero-order valence-electron chi connectivity index (χ0n) is 10.8. The molecule has 2 aromatic rings. The van der Waals surface area contributed by atoms with Crippen molar-refractivity contribution >= 4 is 0 Å². The van der Waals surface area contributed by atoms with Crippen LogP contribution in [0.1, 0.15) is 17.2 Å². The second-order valence-corrected chi connectivity index (χ2v) is 4.44. The van der Waals surface area contributed by atoms with E-state index in [0.717, 1.165) is 6.20 Å². The highest BCUT2D eigenvalue weighted by atomic mass is 19.4. The van der Waals surface area contributed by atoms with Crippen molar-refractivity contribution in [3.8, 4) is 5.75 Å². The van der Waals surface area contributed by atoms with Crippen LogP contribution in [0.5, 0.6) is 5.75 Å². The number of alkyl halides is 3. The number of halogens is 4. The summed E-state index contributed by atoms with van der Waals surface area (Å²) in [7, 11) is 0. The Balaban J connectivity index is 2.03. The van der Waals surface area contributed by atoms with Crippen molar-refractivity contribution in [2.45, 2.75) is 18.8 Å². The summed E-state index contributed by atoms with van der Waals surface area (Å²) in [6.45, 7) is 0. The average Bonchev–Trinajstić information content (AvgIpc) is 2.39. The number of aromatic nitrogens is 1. The van der Waals surface area contributed by atoms with Crippen LogP contribution in [0.4, 0.5) is 17.6 Å². The normalized spacial score (nSPS) is 13.0. The molecule has 3 nitrogen and oxygen atoms in total. The minimum Gasteiger partial charge on any atom is -0.406 e. The molecule has 0 aliphatic heterocycles. The van der Waals surface area contributed by atoms with Gasteiger partial charge in [0.25, 0.3) is 0 Å². The number of ether oxygens (including phenoxy) is 1. The molecule has 0 bridgehead atoms. The van der Waals surface area contributed by atoms with Crippen LogP contribution in [0.3, 0.4) is 0 Å². The maximum absolute atomic E-state index is 13.0. The van der Waals surface area contributed by atoms with Crippen LogP contribution < -0.4 is 10.5 Å². The molecule has 2 rings (SSSR count). The van der Waals surface area contributed by atoms with Crippen LogP contribution in [-0.4, -0.2) is 11.3 Å². The molecule has 0 spiro atoms. The van der Waals surface area contributed by atoms with Crippen molar-refractivity contribution in [2.24, 2.45) is 5.73 Å². The van der Waals surface area contributed by atoms with E-state index in [4.69, 9.17) is 5.73 Å². The van der Waals surface area contributed by atoms with Crippen molar-refractivity contribution in [1.82, 2.24) is 4.98 Å². The van der Waals surface area contributed by atoms with Gasteiger partial charge in [0.1, 0.15) is 11.6 Å². The number of pyridine rings is 1. The Morgan fingerprint density at radius 2 is 1.81 bits per heavy atom. The van der Waals surface area contributed by atoms with Crippen molar-refractivity contribution in [3.05, 3.63) is 59.7 Å². The molecule has 1 heterocycles. The number of benzene rings is 1. The van der Waals surface area contributed by atoms with E-state index in [0.29, 0.717) is 17.5 Å². The maximum Gasteiger partial charge on any atom is 0.573 e. The van der Waals surface area contributed by atoms with Crippen molar-refractivity contribution < 1.29 is 22.3 Å². The SMILES string of the molecule is NC(Cc1ccc(OC(F)(F)F)cc1)c1cncc(F)c1. The zero-order chi connectivity index (χ0) is 15.5. The molecular formula is C14H12F4N2O. The van der Waals surface area contributed by atoms with Gasteiger partial charge in [0.15, 0.2) is 0 Å². The summed E-state index contributed by atoms with van der Waals surface area (Å²) in [4.78, 5) is 3.70. The Kier molecular flexibility index (Phi) is 4.42.